The Kier molecular flexibility index (Phi) is 7.33. The van der Waals surface area contributed by atoms with Gasteiger partial charge in [-0.1, -0.05) is 25.0 Å². The molecule has 2 aromatic rings. The van der Waals surface area contributed by atoms with E-state index < -0.39 is 10.0 Å². The first-order valence-corrected chi connectivity index (χ1v) is 11.5. The predicted octanol–water partition coefficient (Wildman–Crippen LogP) is 3.45. The van der Waals surface area contributed by atoms with Gasteiger partial charge in [-0.2, -0.15) is 4.31 Å². The van der Waals surface area contributed by atoms with Gasteiger partial charge in [-0.3, -0.25) is 4.79 Å². The first-order valence-electron chi connectivity index (χ1n) is 10.0. The molecule has 1 amide bonds. The molecule has 0 unspecified atom stereocenters. The lowest BCUT2D eigenvalue weighted by molar-refractivity contribution is -0.115. The Bertz CT molecular complexity index is 983. The number of ether oxygens (including phenoxy) is 2. The number of sulfonamides is 1. The van der Waals surface area contributed by atoms with Crippen LogP contribution in [0.2, 0.25) is 0 Å². The van der Waals surface area contributed by atoms with Crippen LogP contribution in [0.3, 0.4) is 0 Å². The summed E-state index contributed by atoms with van der Waals surface area (Å²) >= 11 is 0. The van der Waals surface area contributed by atoms with Crippen LogP contribution >= 0.6 is 0 Å². The van der Waals surface area contributed by atoms with Gasteiger partial charge < -0.3 is 14.8 Å². The van der Waals surface area contributed by atoms with Crippen molar-refractivity contribution in [2.45, 2.75) is 37.0 Å². The zero-order chi connectivity index (χ0) is 21.6. The topological polar surface area (TPSA) is 84.9 Å². The van der Waals surface area contributed by atoms with Gasteiger partial charge >= 0.3 is 0 Å². The molecule has 1 aliphatic heterocycles. The summed E-state index contributed by atoms with van der Waals surface area (Å²) in [6.07, 6.45) is 3.95. The average molecular weight is 433 g/mol. The van der Waals surface area contributed by atoms with E-state index in [1.54, 1.807) is 47.8 Å². The van der Waals surface area contributed by atoms with E-state index in [0.29, 0.717) is 35.8 Å². The predicted molar refractivity (Wildman–Crippen MR) is 116 cm³/mol. The largest absolute Gasteiger partial charge is 0.497 e. The summed E-state index contributed by atoms with van der Waals surface area (Å²) < 4.78 is 38.0. The van der Waals surface area contributed by atoms with E-state index in [9.17, 15) is 13.2 Å². The summed E-state index contributed by atoms with van der Waals surface area (Å²) in [6, 6.07) is 11.7. The van der Waals surface area contributed by atoms with Gasteiger partial charge in [-0.05, 0) is 37.1 Å². The lowest BCUT2D eigenvalue weighted by Gasteiger charge is -2.20. The lowest BCUT2D eigenvalue weighted by atomic mass is 10.1. The van der Waals surface area contributed by atoms with E-state index in [4.69, 9.17) is 9.47 Å². The summed E-state index contributed by atoms with van der Waals surface area (Å²) in [6.45, 7) is 1.08. The molecule has 0 bridgehead atoms. The monoisotopic (exact) mass is 432 g/mol. The highest BCUT2D eigenvalue weighted by molar-refractivity contribution is 7.89. The maximum atomic E-state index is 13.0. The molecule has 0 aliphatic carbocycles. The van der Waals surface area contributed by atoms with E-state index in [0.717, 1.165) is 25.7 Å². The van der Waals surface area contributed by atoms with Crippen molar-refractivity contribution < 1.29 is 22.7 Å². The van der Waals surface area contributed by atoms with Crippen LogP contribution in [0.15, 0.2) is 47.4 Å². The number of carbonyl (C=O) groups is 1. The molecule has 0 saturated carbocycles. The molecule has 30 heavy (non-hydrogen) atoms. The van der Waals surface area contributed by atoms with Crippen LogP contribution in [0.25, 0.3) is 0 Å². The smallest absolute Gasteiger partial charge is 0.243 e. The fraction of sp³-hybridized carbons (Fsp3) is 0.409. The van der Waals surface area contributed by atoms with Gasteiger partial charge in [0.25, 0.3) is 0 Å². The minimum absolute atomic E-state index is 0.0935. The molecule has 1 N–H and O–H groups in total. The van der Waals surface area contributed by atoms with Crippen molar-refractivity contribution in [1.82, 2.24) is 4.31 Å². The van der Waals surface area contributed by atoms with Crippen molar-refractivity contribution in [1.29, 1.82) is 0 Å². The third-order valence-electron chi connectivity index (χ3n) is 5.17. The maximum absolute atomic E-state index is 13.0. The number of amides is 1. The highest BCUT2D eigenvalue weighted by Gasteiger charge is 2.25. The molecule has 8 heteroatoms. The Morgan fingerprint density at radius 1 is 1.00 bits per heavy atom. The second kappa shape index (κ2) is 9.95. The van der Waals surface area contributed by atoms with E-state index in [-0.39, 0.29) is 17.2 Å². The number of nitrogens with zero attached hydrogens (tertiary/aromatic N) is 1. The number of hydrogen-bond acceptors (Lipinski definition) is 5. The number of rotatable bonds is 7. The second-order valence-corrected chi connectivity index (χ2v) is 9.19. The number of carbonyl (C=O) groups excluding carboxylic acids is 1. The minimum Gasteiger partial charge on any atom is -0.497 e. The molecule has 0 atom stereocenters. The molecule has 1 heterocycles. The molecule has 0 aromatic heterocycles. The Balaban J connectivity index is 1.73. The number of hydrogen-bond donors (Lipinski definition) is 1. The third-order valence-corrected chi connectivity index (χ3v) is 7.06. The van der Waals surface area contributed by atoms with Crippen molar-refractivity contribution in [3.8, 4) is 11.5 Å². The molecular formula is C22H28N2O5S. The fourth-order valence-electron chi connectivity index (χ4n) is 3.54. The number of methoxy groups -OCH3 is 2. The lowest BCUT2D eigenvalue weighted by Crippen LogP contribution is -2.32. The van der Waals surface area contributed by atoms with Crippen LogP contribution < -0.4 is 14.8 Å². The van der Waals surface area contributed by atoms with Gasteiger partial charge in [0, 0.05) is 30.4 Å². The van der Waals surface area contributed by atoms with Crippen molar-refractivity contribution in [2.75, 3.05) is 32.6 Å². The summed E-state index contributed by atoms with van der Waals surface area (Å²) in [5.74, 6) is 0.937. The van der Waals surface area contributed by atoms with Crippen molar-refractivity contribution in [2.24, 2.45) is 0 Å². The van der Waals surface area contributed by atoms with Crippen LogP contribution in [0.4, 0.5) is 5.69 Å². The summed E-state index contributed by atoms with van der Waals surface area (Å²) in [4.78, 5) is 12.8. The highest BCUT2D eigenvalue weighted by Crippen LogP contribution is 2.26. The van der Waals surface area contributed by atoms with E-state index >= 15 is 0 Å². The summed E-state index contributed by atoms with van der Waals surface area (Å²) in [5.41, 5.74) is 1.16. The second-order valence-electron chi connectivity index (χ2n) is 7.25. The maximum Gasteiger partial charge on any atom is 0.243 e. The fourth-order valence-corrected chi connectivity index (χ4v) is 5.10. The Morgan fingerprint density at radius 3 is 2.40 bits per heavy atom. The van der Waals surface area contributed by atoms with Crippen LogP contribution in [-0.2, 0) is 21.2 Å². The molecule has 1 saturated heterocycles. The third kappa shape index (κ3) is 5.31. The van der Waals surface area contributed by atoms with Gasteiger partial charge in [0.05, 0.1) is 25.5 Å². The SMILES string of the molecule is COc1ccc(CC(=O)Nc2cccc(S(=O)(=O)N3CCCCCC3)c2)c(OC)c1. The van der Waals surface area contributed by atoms with E-state index in [2.05, 4.69) is 5.32 Å². The zero-order valence-electron chi connectivity index (χ0n) is 17.4. The van der Waals surface area contributed by atoms with Gasteiger partial charge in [0.1, 0.15) is 11.5 Å². The van der Waals surface area contributed by atoms with Crippen LogP contribution in [0, 0.1) is 0 Å². The number of nitrogens with one attached hydrogen (secondary N) is 1. The molecule has 162 valence electrons. The molecule has 3 rings (SSSR count). The van der Waals surface area contributed by atoms with Crippen molar-refractivity contribution in [3.63, 3.8) is 0 Å². The standard InChI is InChI=1S/C22H28N2O5S/c1-28-19-11-10-17(21(16-19)29-2)14-22(25)23-18-8-7-9-20(15-18)30(26,27)24-12-5-3-4-6-13-24/h7-11,15-16H,3-6,12-14H2,1-2H3,(H,23,25). The van der Waals surface area contributed by atoms with Crippen molar-refractivity contribution >= 4 is 21.6 Å². The summed E-state index contributed by atoms with van der Waals surface area (Å²) in [7, 11) is -0.474. The van der Waals surface area contributed by atoms with Gasteiger partial charge in [-0.15, -0.1) is 0 Å². The van der Waals surface area contributed by atoms with Crippen LogP contribution in [0.5, 0.6) is 11.5 Å². The number of benzene rings is 2. The van der Waals surface area contributed by atoms with E-state index in [1.165, 1.54) is 13.2 Å². The molecule has 0 spiro atoms. The van der Waals surface area contributed by atoms with Gasteiger partial charge in [-0.25, -0.2) is 8.42 Å². The van der Waals surface area contributed by atoms with Crippen LogP contribution in [0.1, 0.15) is 31.2 Å². The first-order chi connectivity index (χ1) is 14.4. The van der Waals surface area contributed by atoms with Gasteiger partial charge in [0.2, 0.25) is 15.9 Å². The summed E-state index contributed by atoms with van der Waals surface area (Å²) in [5, 5.41) is 2.79. The first kappa shape index (κ1) is 22.1. The highest BCUT2D eigenvalue weighted by atomic mass is 32.2. The minimum atomic E-state index is -3.57. The molecular weight excluding hydrogens is 404 g/mol. The Hall–Kier alpha value is -2.58. The Labute approximate surface area is 178 Å². The van der Waals surface area contributed by atoms with Gasteiger partial charge in [0.15, 0.2) is 0 Å². The molecule has 7 nitrogen and oxygen atoms in total. The molecule has 2 aromatic carbocycles. The quantitative estimate of drug-likeness (QED) is 0.724. The normalized spacial score (nSPS) is 15.3. The zero-order valence-corrected chi connectivity index (χ0v) is 18.2. The van der Waals surface area contributed by atoms with E-state index in [1.807, 2.05) is 0 Å². The average Bonchev–Trinajstić information content (AvgIpc) is 3.04. The molecule has 1 aliphatic rings. The van der Waals surface area contributed by atoms with Crippen molar-refractivity contribution in [3.05, 3.63) is 48.0 Å². The molecule has 1 fully saturated rings. The number of anilines is 1. The Morgan fingerprint density at radius 2 is 1.73 bits per heavy atom. The van der Waals surface area contributed by atoms with Crippen LogP contribution in [-0.4, -0.2) is 45.9 Å². The molecule has 0 radical (unpaired) electrons.